The Hall–Kier alpha value is -2.07. The molecular formula is C9H12N2O7S. The molecule has 0 aromatic carbocycles. The topological polar surface area (TPSA) is 149 Å². The highest BCUT2D eigenvalue weighted by molar-refractivity contribution is 7.89. The molecule has 0 aliphatic heterocycles. The Morgan fingerprint density at radius 1 is 1.53 bits per heavy atom. The smallest absolute Gasteiger partial charge is 0.404 e. The minimum atomic E-state index is -3.94. The lowest BCUT2D eigenvalue weighted by atomic mass is 10.4. The second-order valence-corrected chi connectivity index (χ2v) is 5.14. The van der Waals surface area contributed by atoms with Crippen molar-refractivity contribution in [1.29, 1.82) is 0 Å². The Bertz CT molecular complexity index is 590. The van der Waals surface area contributed by atoms with Crippen molar-refractivity contribution in [1.82, 2.24) is 4.72 Å². The number of carbonyl (C=O) groups excluding carboxylic acids is 1. The molecule has 1 aromatic heterocycles. The molecule has 1 rings (SSSR count). The fraction of sp³-hybridized carbons (Fsp3) is 0.333. The number of nitrogens with two attached hydrogens (primary N) is 1. The van der Waals surface area contributed by atoms with E-state index in [4.69, 9.17) is 15.3 Å². The monoisotopic (exact) mass is 292 g/mol. The summed E-state index contributed by atoms with van der Waals surface area (Å²) in [5.74, 6) is -1.91. The average molecular weight is 292 g/mol. The predicted octanol–water partition coefficient (Wildman–Crippen LogP) is -0.340. The molecule has 1 heterocycles. The van der Waals surface area contributed by atoms with Crippen LogP contribution in [0, 0.1) is 6.92 Å². The van der Waals surface area contributed by atoms with Crippen molar-refractivity contribution >= 4 is 22.1 Å². The largest absolute Gasteiger partial charge is 0.475 e. The van der Waals surface area contributed by atoms with Crippen molar-refractivity contribution in [3.63, 3.8) is 0 Å². The normalized spacial score (nSPS) is 11.2. The molecule has 1 amide bonds. The minimum Gasteiger partial charge on any atom is -0.475 e. The zero-order chi connectivity index (χ0) is 14.6. The Kier molecular flexibility index (Phi) is 4.51. The maximum Gasteiger partial charge on any atom is 0.404 e. The lowest BCUT2D eigenvalue weighted by Gasteiger charge is -2.05. The number of hydrogen-bond donors (Lipinski definition) is 3. The summed E-state index contributed by atoms with van der Waals surface area (Å²) in [4.78, 5) is 20.6. The van der Waals surface area contributed by atoms with Crippen molar-refractivity contribution < 1.29 is 32.3 Å². The first-order valence-corrected chi connectivity index (χ1v) is 6.48. The maximum absolute atomic E-state index is 11.8. The maximum atomic E-state index is 11.8. The Labute approximate surface area is 108 Å². The Balaban J connectivity index is 2.77. The molecule has 0 bridgehead atoms. The molecule has 4 N–H and O–H groups in total. The molecule has 106 valence electrons. The van der Waals surface area contributed by atoms with Gasteiger partial charge in [0.25, 0.3) is 0 Å². The lowest BCUT2D eigenvalue weighted by molar-refractivity contribution is 0.0661. The van der Waals surface area contributed by atoms with Crippen LogP contribution in [0.3, 0.4) is 0 Å². The van der Waals surface area contributed by atoms with E-state index < -0.39 is 27.8 Å². The van der Waals surface area contributed by atoms with E-state index in [1.54, 1.807) is 0 Å². The first kappa shape index (κ1) is 15.0. The fourth-order valence-corrected chi connectivity index (χ4v) is 2.43. The fourth-order valence-electron chi connectivity index (χ4n) is 1.24. The van der Waals surface area contributed by atoms with Crippen LogP contribution in [0.5, 0.6) is 0 Å². The van der Waals surface area contributed by atoms with E-state index in [0.717, 1.165) is 6.07 Å². The molecule has 0 atom stereocenters. The molecule has 0 radical (unpaired) electrons. The average Bonchev–Trinajstić information content (AvgIpc) is 2.67. The third-order valence-corrected chi connectivity index (χ3v) is 3.58. The highest BCUT2D eigenvalue weighted by Crippen LogP contribution is 2.19. The van der Waals surface area contributed by atoms with Gasteiger partial charge in [-0.25, -0.2) is 22.7 Å². The molecule has 0 saturated heterocycles. The number of sulfonamides is 1. The molecule has 0 fully saturated rings. The van der Waals surface area contributed by atoms with Gasteiger partial charge in [0.2, 0.25) is 15.8 Å². The number of hydrogen-bond acceptors (Lipinski definition) is 6. The van der Waals surface area contributed by atoms with Crippen LogP contribution in [0.15, 0.2) is 15.4 Å². The number of nitrogens with one attached hydrogen (secondary N) is 1. The SMILES string of the molecule is Cc1oc(C(=O)O)cc1S(=O)(=O)NCCOC(N)=O. The summed E-state index contributed by atoms with van der Waals surface area (Å²) < 4.78 is 34.8. The summed E-state index contributed by atoms with van der Waals surface area (Å²) in [6.07, 6.45) is -1.02. The molecule has 0 spiro atoms. The van der Waals surface area contributed by atoms with Crippen LogP contribution in [0.25, 0.3) is 0 Å². The van der Waals surface area contributed by atoms with Gasteiger partial charge < -0.3 is 20.0 Å². The number of amides is 1. The number of aryl methyl sites for hydroxylation is 1. The van der Waals surface area contributed by atoms with Crippen LogP contribution in [0.2, 0.25) is 0 Å². The van der Waals surface area contributed by atoms with E-state index in [-0.39, 0.29) is 23.8 Å². The number of aromatic carboxylic acids is 1. The van der Waals surface area contributed by atoms with Crippen LogP contribution in [0.1, 0.15) is 16.3 Å². The van der Waals surface area contributed by atoms with Crippen LogP contribution in [0.4, 0.5) is 4.79 Å². The quantitative estimate of drug-likeness (QED) is 0.607. The van der Waals surface area contributed by atoms with Gasteiger partial charge in [-0.05, 0) is 6.92 Å². The number of carbonyl (C=O) groups is 2. The van der Waals surface area contributed by atoms with Crippen molar-refractivity contribution in [3.05, 3.63) is 17.6 Å². The first-order valence-electron chi connectivity index (χ1n) is 4.99. The zero-order valence-corrected chi connectivity index (χ0v) is 10.7. The Morgan fingerprint density at radius 2 is 2.16 bits per heavy atom. The summed E-state index contributed by atoms with van der Waals surface area (Å²) >= 11 is 0. The van der Waals surface area contributed by atoms with Gasteiger partial charge in [0.1, 0.15) is 17.3 Å². The molecule has 0 aliphatic carbocycles. The van der Waals surface area contributed by atoms with Gasteiger partial charge in [-0.2, -0.15) is 0 Å². The molecule has 19 heavy (non-hydrogen) atoms. The van der Waals surface area contributed by atoms with Crippen molar-refractivity contribution in [3.8, 4) is 0 Å². The summed E-state index contributed by atoms with van der Waals surface area (Å²) in [6.45, 7) is 0.885. The number of ether oxygens (including phenoxy) is 1. The van der Waals surface area contributed by atoms with Gasteiger partial charge in [-0.15, -0.1) is 0 Å². The molecule has 0 unspecified atom stereocenters. The first-order chi connectivity index (χ1) is 8.74. The predicted molar refractivity (Wildman–Crippen MR) is 61.1 cm³/mol. The van der Waals surface area contributed by atoms with E-state index in [0.29, 0.717) is 0 Å². The highest BCUT2D eigenvalue weighted by atomic mass is 32.2. The van der Waals surface area contributed by atoms with Crippen molar-refractivity contribution in [2.24, 2.45) is 5.73 Å². The minimum absolute atomic E-state index is 0.0549. The van der Waals surface area contributed by atoms with Crippen LogP contribution in [-0.4, -0.2) is 38.7 Å². The van der Waals surface area contributed by atoms with Gasteiger partial charge in [0, 0.05) is 12.6 Å². The second-order valence-electron chi connectivity index (χ2n) is 3.40. The zero-order valence-electron chi connectivity index (χ0n) is 9.87. The van der Waals surface area contributed by atoms with E-state index in [1.165, 1.54) is 6.92 Å². The summed E-state index contributed by atoms with van der Waals surface area (Å²) in [5.41, 5.74) is 4.70. The van der Waals surface area contributed by atoms with Crippen molar-refractivity contribution in [2.45, 2.75) is 11.8 Å². The lowest BCUT2D eigenvalue weighted by Crippen LogP contribution is -2.29. The molecule has 10 heteroatoms. The summed E-state index contributed by atoms with van der Waals surface area (Å²) in [5, 5.41) is 8.68. The number of primary amides is 1. The van der Waals surface area contributed by atoms with Crippen LogP contribution in [-0.2, 0) is 14.8 Å². The molecular weight excluding hydrogens is 280 g/mol. The molecule has 0 saturated carbocycles. The third-order valence-electron chi connectivity index (χ3n) is 2.01. The number of furan rings is 1. The third kappa shape index (κ3) is 3.96. The number of carboxylic acid groups (broad SMARTS) is 1. The van der Waals surface area contributed by atoms with Crippen LogP contribution >= 0.6 is 0 Å². The van der Waals surface area contributed by atoms with E-state index in [9.17, 15) is 18.0 Å². The van der Waals surface area contributed by atoms with Crippen molar-refractivity contribution in [2.75, 3.05) is 13.2 Å². The van der Waals surface area contributed by atoms with Gasteiger partial charge in [-0.1, -0.05) is 0 Å². The second kappa shape index (κ2) is 5.71. The van der Waals surface area contributed by atoms with Crippen LogP contribution < -0.4 is 10.5 Å². The number of rotatable bonds is 6. The van der Waals surface area contributed by atoms with E-state index >= 15 is 0 Å². The van der Waals surface area contributed by atoms with Gasteiger partial charge in [0.15, 0.2) is 0 Å². The molecule has 1 aromatic rings. The summed E-state index contributed by atoms with van der Waals surface area (Å²) in [7, 11) is -3.94. The van der Waals surface area contributed by atoms with E-state index in [2.05, 4.69) is 9.46 Å². The van der Waals surface area contributed by atoms with Gasteiger partial charge in [-0.3, -0.25) is 0 Å². The standard InChI is InChI=1S/C9H12N2O7S/c1-5-7(4-6(18-5)8(12)13)19(15,16)11-2-3-17-9(10)14/h4,11H,2-3H2,1H3,(H2,10,14)(H,12,13). The van der Waals surface area contributed by atoms with Gasteiger partial charge >= 0.3 is 12.1 Å². The van der Waals surface area contributed by atoms with E-state index in [1.807, 2.05) is 0 Å². The Morgan fingerprint density at radius 3 is 2.63 bits per heavy atom. The molecule has 0 aliphatic rings. The molecule has 9 nitrogen and oxygen atoms in total. The number of carboxylic acids is 1. The summed E-state index contributed by atoms with van der Waals surface area (Å²) in [6, 6.07) is 0.898. The highest BCUT2D eigenvalue weighted by Gasteiger charge is 2.23. The van der Waals surface area contributed by atoms with Gasteiger partial charge in [0.05, 0.1) is 0 Å².